The smallest absolute Gasteiger partial charge is 0.225 e. The Hall–Kier alpha value is -3.52. The first kappa shape index (κ1) is 19.8. The number of benzene rings is 1. The fourth-order valence-corrected chi connectivity index (χ4v) is 2.98. The van der Waals surface area contributed by atoms with Crippen LogP contribution in [0, 0.1) is 6.92 Å². The summed E-state index contributed by atoms with van der Waals surface area (Å²) in [5.41, 5.74) is 2.75. The highest BCUT2D eigenvalue weighted by Gasteiger charge is 2.11. The van der Waals surface area contributed by atoms with Gasteiger partial charge >= 0.3 is 0 Å². The van der Waals surface area contributed by atoms with Gasteiger partial charge in [0.15, 0.2) is 11.5 Å². The average Bonchev–Trinajstić information content (AvgIpc) is 3.16. The first-order chi connectivity index (χ1) is 14.6. The molecule has 9 heteroatoms. The molecule has 0 aliphatic rings. The molecule has 4 aromatic rings. The zero-order chi connectivity index (χ0) is 20.9. The lowest BCUT2D eigenvalue weighted by molar-refractivity contribution is -0.116. The molecule has 1 amide bonds. The SMILES string of the molecule is Cc1ccc(NC(=O)CCc2nnc3ccc(NCc4ccc(Cl)cc4)nn23)nc1. The van der Waals surface area contributed by atoms with Crippen LogP contribution >= 0.6 is 11.6 Å². The predicted octanol–water partition coefficient (Wildman–Crippen LogP) is 3.66. The molecule has 0 atom stereocenters. The van der Waals surface area contributed by atoms with Crippen LogP contribution < -0.4 is 10.6 Å². The molecule has 3 heterocycles. The molecule has 0 unspecified atom stereocenters. The summed E-state index contributed by atoms with van der Waals surface area (Å²) in [6, 6.07) is 15.0. The van der Waals surface area contributed by atoms with Crippen molar-refractivity contribution >= 4 is 34.8 Å². The van der Waals surface area contributed by atoms with E-state index in [1.807, 2.05) is 49.4 Å². The van der Waals surface area contributed by atoms with Crippen LogP contribution in [0.2, 0.25) is 5.02 Å². The molecule has 0 bridgehead atoms. The van der Waals surface area contributed by atoms with E-state index in [2.05, 4.69) is 30.9 Å². The van der Waals surface area contributed by atoms with Gasteiger partial charge in [-0.05, 0) is 48.4 Å². The number of nitrogens with zero attached hydrogens (tertiary/aromatic N) is 5. The molecular weight excluding hydrogens is 402 g/mol. The second-order valence-electron chi connectivity index (χ2n) is 6.85. The van der Waals surface area contributed by atoms with Crippen molar-refractivity contribution in [1.29, 1.82) is 0 Å². The minimum Gasteiger partial charge on any atom is -0.365 e. The van der Waals surface area contributed by atoms with Gasteiger partial charge in [0.25, 0.3) is 0 Å². The Morgan fingerprint density at radius 3 is 2.60 bits per heavy atom. The number of amides is 1. The number of fused-ring (bicyclic) bond motifs is 1. The van der Waals surface area contributed by atoms with Crippen LogP contribution in [-0.4, -0.2) is 30.7 Å². The number of carbonyl (C=O) groups excluding carboxylic acids is 1. The number of nitrogens with one attached hydrogen (secondary N) is 2. The standard InChI is InChI=1S/C21H20ClN7O/c1-14-2-7-17(23-12-14)25-21(30)11-10-20-27-26-19-9-8-18(28-29(19)20)24-13-15-3-5-16(22)6-4-15/h2-9,12H,10-11,13H2,1H3,(H,24,28)(H,23,25,30). The van der Waals surface area contributed by atoms with Crippen molar-refractivity contribution in [3.05, 3.63) is 76.7 Å². The third kappa shape index (κ3) is 4.90. The van der Waals surface area contributed by atoms with E-state index in [-0.39, 0.29) is 12.3 Å². The van der Waals surface area contributed by atoms with Crippen LogP contribution in [0.15, 0.2) is 54.7 Å². The molecule has 0 radical (unpaired) electrons. The van der Waals surface area contributed by atoms with E-state index in [0.29, 0.717) is 41.1 Å². The number of pyridine rings is 1. The van der Waals surface area contributed by atoms with E-state index in [4.69, 9.17) is 11.6 Å². The molecule has 30 heavy (non-hydrogen) atoms. The van der Waals surface area contributed by atoms with Crippen molar-refractivity contribution in [3.63, 3.8) is 0 Å². The summed E-state index contributed by atoms with van der Waals surface area (Å²) in [5.74, 6) is 1.70. The third-order valence-electron chi connectivity index (χ3n) is 4.47. The van der Waals surface area contributed by atoms with Gasteiger partial charge in [-0.3, -0.25) is 4.79 Å². The molecule has 0 aliphatic heterocycles. The topological polar surface area (TPSA) is 97.1 Å². The van der Waals surface area contributed by atoms with Crippen LogP contribution in [0.25, 0.3) is 5.65 Å². The molecule has 0 spiro atoms. The van der Waals surface area contributed by atoms with Crippen LogP contribution in [0.3, 0.4) is 0 Å². The largest absolute Gasteiger partial charge is 0.365 e. The summed E-state index contributed by atoms with van der Waals surface area (Å²) in [6.45, 7) is 2.56. The molecule has 0 saturated carbocycles. The zero-order valence-corrected chi connectivity index (χ0v) is 17.1. The highest BCUT2D eigenvalue weighted by atomic mass is 35.5. The molecule has 4 rings (SSSR count). The van der Waals surface area contributed by atoms with E-state index >= 15 is 0 Å². The summed E-state index contributed by atoms with van der Waals surface area (Å²) in [6.07, 6.45) is 2.37. The number of hydrogen-bond acceptors (Lipinski definition) is 6. The predicted molar refractivity (Wildman–Crippen MR) is 115 cm³/mol. The maximum atomic E-state index is 12.2. The Kier molecular flexibility index (Phi) is 5.85. The van der Waals surface area contributed by atoms with Crippen LogP contribution in [0.4, 0.5) is 11.6 Å². The van der Waals surface area contributed by atoms with Crippen molar-refractivity contribution in [1.82, 2.24) is 24.8 Å². The second-order valence-corrected chi connectivity index (χ2v) is 7.29. The van der Waals surface area contributed by atoms with Gasteiger partial charge in [-0.25, -0.2) is 4.98 Å². The summed E-state index contributed by atoms with van der Waals surface area (Å²) >= 11 is 5.92. The van der Waals surface area contributed by atoms with Crippen LogP contribution in [-0.2, 0) is 17.8 Å². The van der Waals surface area contributed by atoms with Gasteiger partial charge in [-0.2, -0.15) is 4.52 Å². The molecule has 0 fully saturated rings. The molecule has 2 N–H and O–H groups in total. The number of aromatic nitrogens is 5. The summed E-state index contributed by atoms with van der Waals surface area (Å²) < 4.78 is 1.65. The molecule has 0 aliphatic carbocycles. The van der Waals surface area contributed by atoms with Crippen molar-refractivity contribution in [2.45, 2.75) is 26.3 Å². The number of halogens is 1. The number of hydrogen-bond donors (Lipinski definition) is 2. The summed E-state index contributed by atoms with van der Waals surface area (Å²) in [7, 11) is 0. The highest BCUT2D eigenvalue weighted by Crippen LogP contribution is 2.13. The highest BCUT2D eigenvalue weighted by molar-refractivity contribution is 6.30. The van der Waals surface area contributed by atoms with Gasteiger partial charge in [0.05, 0.1) is 0 Å². The lowest BCUT2D eigenvalue weighted by Crippen LogP contribution is -2.14. The van der Waals surface area contributed by atoms with Gasteiger partial charge in [0.1, 0.15) is 11.6 Å². The normalized spacial score (nSPS) is 10.9. The zero-order valence-electron chi connectivity index (χ0n) is 16.3. The monoisotopic (exact) mass is 421 g/mol. The average molecular weight is 422 g/mol. The number of carbonyl (C=O) groups is 1. The molecule has 0 saturated heterocycles. The summed E-state index contributed by atoms with van der Waals surface area (Å²) in [4.78, 5) is 16.4. The van der Waals surface area contributed by atoms with Crippen LogP contribution in [0.5, 0.6) is 0 Å². The van der Waals surface area contributed by atoms with Gasteiger partial charge in [-0.15, -0.1) is 15.3 Å². The Balaban J connectivity index is 1.39. The van der Waals surface area contributed by atoms with Crippen molar-refractivity contribution in [2.24, 2.45) is 0 Å². The fourth-order valence-electron chi connectivity index (χ4n) is 2.85. The van der Waals surface area contributed by atoms with Gasteiger partial charge in [-0.1, -0.05) is 29.8 Å². The number of aryl methyl sites for hydroxylation is 2. The Labute approximate surface area is 178 Å². The first-order valence-electron chi connectivity index (χ1n) is 9.49. The van der Waals surface area contributed by atoms with Crippen molar-refractivity contribution in [3.8, 4) is 0 Å². The molecule has 1 aromatic carbocycles. The molecule has 152 valence electrons. The van der Waals surface area contributed by atoms with E-state index in [1.54, 1.807) is 16.8 Å². The number of anilines is 2. The molecule has 3 aromatic heterocycles. The van der Waals surface area contributed by atoms with Gasteiger partial charge < -0.3 is 10.6 Å². The van der Waals surface area contributed by atoms with E-state index < -0.39 is 0 Å². The lowest BCUT2D eigenvalue weighted by atomic mass is 10.2. The minimum atomic E-state index is -0.139. The molecule has 8 nitrogen and oxygen atoms in total. The third-order valence-corrected chi connectivity index (χ3v) is 4.72. The van der Waals surface area contributed by atoms with Gasteiger partial charge in [0.2, 0.25) is 5.91 Å². The number of rotatable bonds is 7. The van der Waals surface area contributed by atoms with Crippen molar-refractivity contribution in [2.75, 3.05) is 10.6 Å². The maximum Gasteiger partial charge on any atom is 0.225 e. The van der Waals surface area contributed by atoms with Gasteiger partial charge in [0, 0.05) is 30.6 Å². The Morgan fingerprint density at radius 2 is 1.83 bits per heavy atom. The maximum absolute atomic E-state index is 12.2. The quantitative estimate of drug-likeness (QED) is 0.472. The Morgan fingerprint density at radius 1 is 1.03 bits per heavy atom. The second kappa shape index (κ2) is 8.87. The Bertz CT molecular complexity index is 1160. The van der Waals surface area contributed by atoms with Crippen molar-refractivity contribution < 1.29 is 4.79 Å². The minimum absolute atomic E-state index is 0.139. The lowest BCUT2D eigenvalue weighted by Gasteiger charge is -2.07. The fraction of sp³-hybridized carbons (Fsp3) is 0.190. The van der Waals surface area contributed by atoms with E-state index in [0.717, 1.165) is 11.1 Å². The first-order valence-corrected chi connectivity index (χ1v) is 9.87. The summed E-state index contributed by atoms with van der Waals surface area (Å²) in [5, 5.41) is 19.6. The molecular formula is C21H20ClN7O. The van der Waals surface area contributed by atoms with E-state index in [1.165, 1.54) is 0 Å². The van der Waals surface area contributed by atoms with E-state index in [9.17, 15) is 4.79 Å². The van der Waals surface area contributed by atoms with Crippen LogP contribution in [0.1, 0.15) is 23.4 Å².